The molecule has 0 atom stereocenters. The lowest BCUT2D eigenvalue weighted by Crippen LogP contribution is -2.03. The molecule has 0 spiro atoms. The van der Waals surface area contributed by atoms with Crippen molar-refractivity contribution in [3.63, 3.8) is 0 Å². The van der Waals surface area contributed by atoms with Crippen LogP contribution in [-0.4, -0.2) is 24.5 Å². The Balaban J connectivity index is 1.17. The molecule has 2 aliphatic heterocycles. The van der Waals surface area contributed by atoms with Crippen LogP contribution in [0, 0.1) is 0 Å². The Morgan fingerprint density at radius 2 is 1.13 bits per heavy atom. The third-order valence-corrected chi connectivity index (χ3v) is 9.13. The second-order valence-electron chi connectivity index (χ2n) is 11.8. The van der Waals surface area contributed by atoms with Crippen LogP contribution in [0.5, 0.6) is 0 Å². The van der Waals surface area contributed by atoms with Crippen molar-refractivity contribution >= 4 is 54.5 Å². The summed E-state index contributed by atoms with van der Waals surface area (Å²) in [6.07, 6.45) is 0. The molecule has 8 aromatic rings. The fourth-order valence-electron chi connectivity index (χ4n) is 6.95. The van der Waals surface area contributed by atoms with E-state index in [0.717, 1.165) is 77.5 Å². The zero-order valence-electron chi connectivity index (χ0n) is 24.6. The molecular weight excluding hydrogens is 562 g/mol. The highest BCUT2D eigenvalue weighted by Crippen LogP contribution is 2.37. The molecule has 46 heavy (non-hydrogen) atoms. The number of pyridine rings is 1. The normalized spacial score (nSPS) is 11.9. The van der Waals surface area contributed by atoms with E-state index in [-0.39, 0.29) is 0 Å². The second-order valence-corrected chi connectivity index (χ2v) is 11.8. The molecule has 0 radical (unpaired) electrons. The van der Waals surface area contributed by atoms with E-state index >= 15 is 0 Å². The van der Waals surface area contributed by atoms with E-state index in [1.165, 1.54) is 10.8 Å². The molecule has 6 aromatic carbocycles. The van der Waals surface area contributed by atoms with Gasteiger partial charge in [-0.3, -0.25) is 4.57 Å². The largest absolute Gasteiger partial charge is 0.339 e. The first-order valence-electron chi connectivity index (χ1n) is 15.5. The molecule has 2 aromatic heterocycles. The molecule has 5 heteroatoms. The maximum absolute atomic E-state index is 5.21. The Bertz CT molecular complexity index is 2750. The summed E-state index contributed by atoms with van der Waals surface area (Å²) in [5.74, 6) is 1.57. The van der Waals surface area contributed by atoms with Gasteiger partial charge in [0.05, 0.1) is 27.8 Å². The molecule has 0 unspecified atom stereocenters. The van der Waals surface area contributed by atoms with E-state index in [2.05, 4.69) is 131 Å². The van der Waals surface area contributed by atoms with Crippen molar-refractivity contribution in [2.45, 2.75) is 0 Å². The number of benzene rings is 6. The van der Waals surface area contributed by atoms with Gasteiger partial charge in [0.25, 0.3) is 0 Å². The van der Waals surface area contributed by atoms with Crippen LogP contribution in [-0.2, 0) is 0 Å². The van der Waals surface area contributed by atoms with Crippen molar-refractivity contribution in [2.75, 3.05) is 0 Å². The van der Waals surface area contributed by atoms with E-state index in [9.17, 15) is 0 Å². The fraction of sp³-hybridized carbons (Fsp3) is 0. The number of nitrogens with zero attached hydrogens (tertiary/aromatic N) is 4. The highest BCUT2D eigenvalue weighted by molar-refractivity contribution is 6.10. The van der Waals surface area contributed by atoms with Crippen LogP contribution < -0.4 is 0 Å². The zero-order valence-corrected chi connectivity index (χ0v) is 24.6. The summed E-state index contributed by atoms with van der Waals surface area (Å²) >= 11 is 0. The van der Waals surface area contributed by atoms with E-state index in [0.29, 0.717) is 5.95 Å². The molecule has 0 bridgehead atoms. The molecule has 214 valence electrons. The highest BCUT2D eigenvalue weighted by atomic mass is 15.2. The SMILES string of the molecule is c1ccc(-c2nc(-n3c4ccccc4c4cc(-c5ccc6cc7c8ccccc8nc-7[nH]c6c5)ccc43)nc3ccccc23)cc1. The van der Waals surface area contributed by atoms with Gasteiger partial charge in [-0.15, -0.1) is 0 Å². The summed E-state index contributed by atoms with van der Waals surface area (Å²) in [5, 5.41) is 5.70. The summed E-state index contributed by atoms with van der Waals surface area (Å²) in [6.45, 7) is 0. The molecule has 2 aliphatic rings. The van der Waals surface area contributed by atoms with Crippen LogP contribution >= 0.6 is 0 Å². The summed E-state index contributed by atoms with van der Waals surface area (Å²) < 4.78 is 2.20. The van der Waals surface area contributed by atoms with Gasteiger partial charge in [-0.1, -0.05) is 103 Å². The lowest BCUT2D eigenvalue weighted by atomic mass is 10.00. The van der Waals surface area contributed by atoms with Gasteiger partial charge in [0.2, 0.25) is 5.95 Å². The standard InChI is InChI=1S/C41H25N5/c1-2-10-25(11-3-1)39-31-14-5-8-16-35(31)44-41(45-39)46-37-17-9-6-13-30(37)32-22-26(20-21-38(32)46)27-18-19-28-23-33-29-12-4-7-15-34(29)42-40(33)43-36(28)24-27/h1-24H,(H,42,43). The van der Waals surface area contributed by atoms with Crippen molar-refractivity contribution in [3.05, 3.63) is 146 Å². The average Bonchev–Trinajstić information content (AvgIpc) is 3.65. The Hall–Kier alpha value is -6.33. The number of para-hydroxylation sites is 3. The van der Waals surface area contributed by atoms with Crippen LogP contribution in [0.25, 0.3) is 94.2 Å². The molecule has 4 heterocycles. The average molecular weight is 588 g/mol. The first kappa shape index (κ1) is 25.0. The van der Waals surface area contributed by atoms with Gasteiger partial charge < -0.3 is 4.98 Å². The smallest absolute Gasteiger partial charge is 0.235 e. The van der Waals surface area contributed by atoms with Gasteiger partial charge >= 0.3 is 0 Å². The van der Waals surface area contributed by atoms with E-state index in [4.69, 9.17) is 15.0 Å². The monoisotopic (exact) mass is 587 g/mol. The van der Waals surface area contributed by atoms with Crippen LogP contribution in [0.3, 0.4) is 0 Å². The molecule has 0 amide bonds. The van der Waals surface area contributed by atoms with E-state index < -0.39 is 0 Å². The lowest BCUT2D eigenvalue weighted by Gasteiger charge is -2.12. The van der Waals surface area contributed by atoms with E-state index in [1.54, 1.807) is 0 Å². The van der Waals surface area contributed by atoms with E-state index in [1.807, 2.05) is 24.3 Å². The van der Waals surface area contributed by atoms with Gasteiger partial charge in [-0.2, -0.15) is 0 Å². The zero-order chi connectivity index (χ0) is 30.2. The molecule has 1 N–H and O–H groups in total. The molecule has 0 saturated heterocycles. The number of aromatic amines is 1. The van der Waals surface area contributed by atoms with Crippen molar-refractivity contribution in [2.24, 2.45) is 0 Å². The maximum Gasteiger partial charge on any atom is 0.235 e. The van der Waals surface area contributed by atoms with Gasteiger partial charge in [0, 0.05) is 38.2 Å². The molecule has 0 saturated carbocycles. The summed E-state index contributed by atoms with van der Waals surface area (Å²) in [6, 6.07) is 51.0. The van der Waals surface area contributed by atoms with Gasteiger partial charge in [0.1, 0.15) is 5.82 Å². The number of rotatable bonds is 3. The summed E-state index contributed by atoms with van der Waals surface area (Å²) in [7, 11) is 0. The number of fused-ring (bicyclic) bond motifs is 8. The Morgan fingerprint density at radius 1 is 0.457 bits per heavy atom. The lowest BCUT2D eigenvalue weighted by molar-refractivity contribution is 1.01. The first-order valence-corrected chi connectivity index (χ1v) is 15.5. The number of nitrogens with one attached hydrogen (secondary N) is 1. The van der Waals surface area contributed by atoms with Crippen LogP contribution in [0.4, 0.5) is 0 Å². The van der Waals surface area contributed by atoms with Crippen LogP contribution in [0.15, 0.2) is 146 Å². The second kappa shape index (κ2) is 9.58. The predicted molar refractivity (Wildman–Crippen MR) is 189 cm³/mol. The minimum Gasteiger partial charge on any atom is -0.339 e. The number of H-pyrrole nitrogens is 1. The van der Waals surface area contributed by atoms with Gasteiger partial charge in [-0.05, 0) is 59.0 Å². The van der Waals surface area contributed by atoms with Crippen molar-refractivity contribution in [3.8, 4) is 39.7 Å². The third-order valence-electron chi connectivity index (χ3n) is 9.13. The minimum atomic E-state index is 0.662. The van der Waals surface area contributed by atoms with Crippen molar-refractivity contribution in [1.29, 1.82) is 0 Å². The molecule has 5 nitrogen and oxygen atoms in total. The minimum absolute atomic E-state index is 0.662. The summed E-state index contributed by atoms with van der Waals surface area (Å²) in [4.78, 5) is 18.8. The van der Waals surface area contributed by atoms with Gasteiger partial charge in [-0.25, -0.2) is 15.0 Å². The Labute approximate surface area is 263 Å². The Kier molecular flexibility index (Phi) is 5.22. The van der Waals surface area contributed by atoms with Gasteiger partial charge in [0.15, 0.2) is 0 Å². The molecule has 0 fully saturated rings. The fourth-order valence-corrected chi connectivity index (χ4v) is 6.95. The maximum atomic E-state index is 5.21. The van der Waals surface area contributed by atoms with Crippen molar-refractivity contribution in [1.82, 2.24) is 24.5 Å². The number of hydrogen-bond donors (Lipinski definition) is 1. The quantitative estimate of drug-likeness (QED) is 0.224. The molecule has 0 aliphatic carbocycles. The molecular formula is C41H25N5. The highest BCUT2D eigenvalue weighted by Gasteiger charge is 2.18. The summed E-state index contributed by atoms with van der Waals surface area (Å²) in [5.41, 5.74) is 10.6. The molecule has 10 rings (SSSR count). The number of hydrogen-bond acceptors (Lipinski definition) is 3. The third kappa shape index (κ3) is 3.72. The van der Waals surface area contributed by atoms with Crippen LogP contribution in [0.1, 0.15) is 0 Å². The predicted octanol–water partition coefficient (Wildman–Crippen LogP) is 10.2. The first-order chi connectivity index (χ1) is 22.8. The Morgan fingerprint density at radius 3 is 2.00 bits per heavy atom. The topological polar surface area (TPSA) is 59.4 Å². The number of aromatic nitrogens is 5. The van der Waals surface area contributed by atoms with Crippen LogP contribution in [0.2, 0.25) is 0 Å². The van der Waals surface area contributed by atoms with Crippen molar-refractivity contribution < 1.29 is 0 Å².